The lowest BCUT2D eigenvalue weighted by Crippen LogP contribution is -2.17. The monoisotopic (exact) mass is 443 g/mol. The summed E-state index contributed by atoms with van der Waals surface area (Å²) in [4.78, 5) is 11.3. The summed E-state index contributed by atoms with van der Waals surface area (Å²) in [6, 6.07) is 9.89. The van der Waals surface area contributed by atoms with Gasteiger partial charge in [0.2, 0.25) is 0 Å². The smallest absolute Gasteiger partial charge is 0.335 e. The fourth-order valence-electron chi connectivity index (χ4n) is 2.77. The summed E-state index contributed by atoms with van der Waals surface area (Å²) >= 11 is 2.05. The molecule has 2 N–H and O–H groups in total. The lowest BCUT2D eigenvalue weighted by atomic mass is 10.1. The van der Waals surface area contributed by atoms with E-state index >= 15 is 0 Å². The molecule has 0 saturated carbocycles. The largest absolute Gasteiger partial charge is 0.478 e. The minimum Gasteiger partial charge on any atom is -0.478 e. The van der Waals surface area contributed by atoms with Crippen molar-refractivity contribution in [3.05, 3.63) is 56.7 Å². The molecular weight excluding hydrogens is 429 g/mol. The van der Waals surface area contributed by atoms with Crippen LogP contribution < -0.4 is 4.72 Å². The summed E-state index contributed by atoms with van der Waals surface area (Å²) in [5, 5.41) is 9.22. The molecular formula is C16H14INO4S. The normalized spacial score (nSPS) is 13.6. The van der Waals surface area contributed by atoms with Crippen LogP contribution in [-0.4, -0.2) is 19.5 Å². The molecule has 2 aromatic rings. The Bertz CT molecular complexity index is 893. The van der Waals surface area contributed by atoms with Crippen molar-refractivity contribution >= 4 is 44.3 Å². The second-order valence-corrected chi connectivity index (χ2v) is 8.17. The van der Waals surface area contributed by atoms with Gasteiger partial charge in [0.05, 0.1) is 16.1 Å². The average Bonchev–Trinajstić information content (AvgIpc) is 2.96. The van der Waals surface area contributed by atoms with Crippen LogP contribution in [0.4, 0.5) is 5.69 Å². The van der Waals surface area contributed by atoms with E-state index < -0.39 is 16.0 Å². The van der Waals surface area contributed by atoms with E-state index in [9.17, 15) is 18.3 Å². The Kier molecular flexibility index (Phi) is 4.33. The molecule has 5 nitrogen and oxygen atoms in total. The maximum absolute atomic E-state index is 12.8. The third kappa shape index (κ3) is 3.20. The van der Waals surface area contributed by atoms with Crippen LogP contribution >= 0.6 is 22.6 Å². The van der Waals surface area contributed by atoms with Gasteiger partial charge in [0, 0.05) is 3.57 Å². The van der Waals surface area contributed by atoms with Crippen LogP contribution in [0.2, 0.25) is 0 Å². The number of carboxylic acids is 1. The van der Waals surface area contributed by atoms with Gasteiger partial charge < -0.3 is 5.11 Å². The number of nitrogens with one attached hydrogen (secondary N) is 1. The van der Waals surface area contributed by atoms with Crippen LogP contribution in [-0.2, 0) is 22.9 Å². The highest BCUT2D eigenvalue weighted by Crippen LogP contribution is 2.31. The molecule has 0 heterocycles. The van der Waals surface area contributed by atoms with E-state index in [0.29, 0.717) is 18.5 Å². The van der Waals surface area contributed by atoms with Crippen molar-refractivity contribution in [2.75, 3.05) is 4.72 Å². The van der Waals surface area contributed by atoms with Gasteiger partial charge in [0.25, 0.3) is 10.0 Å². The topological polar surface area (TPSA) is 83.5 Å². The molecule has 120 valence electrons. The number of hydrogen-bond donors (Lipinski definition) is 2. The van der Waals surface area contributed by atoms with E-state index in [4.69, 9.17) is 0 Å². The summed E-state index contributed by atoms with van der Waals surface area (Å²) in [5.74, 6) is -1.12. The molecule has 0 radical (unpaired) electrons. The summed E-state index contributed by atoms with van der Waals surface area (Å²) in [5.41, 5.74) is 2.04. The minimum atomic E-state index is -3.84. The number of halogens is 1. The van der Waals surface area contributed by atoms with Gasteiger partial charge in [-0.2, -0.15) is 0 Å². The van der Waals surface area contributed by atoms with Gasteiger partial charge in [0.1, 0.15) is 0 Å². The number of rotatable bonds is 4. The van der Waals surface area contributed by atoms with E-state index in [1.165, 1.54) is 6.07 Å². The minimum absolute atomic E-state index is 0.00813. The fraction of sp³-hybridized carbons (Fsp3) is 0.188. The van der Waals surface area contributed by atoms with E-state index in [-0.39, 0.29) is 10.5 Å². The number of fused-ring (bicyclic) bond motifs is 1. The Morgan fingerprint density at radius 3 is 2.61 bits per heavy atom. The second-order valence-electron chi connectivity index (χ2n) is 5.36. The highest BCUT2D eigenvalue weighted by molar-refractivity contribution is 14.1. The Labute approximate surface area is 147 Å². The summed E-state index contributed by atoms with van der Waals surface area (Å²) in [7, 11) is -3.84. The van der Waals surface area contributed by atoms with Crippen molar-refractivity contribution in [3.63, 3.8) is 0 Å². The molecule has 0 fully saturated rings. The van der Waals surface area contributed by atoms with Crippen molar-refractivity contribution in [1.29, 1.82) is 0 Å². The maximum Gasteiger partial charge on any atom is 0.335 e. The van der Waals surface area contributed by atoms with Crippen molar-refractivity contribution < 1.29 is 18.3 Å². The number of hydrogen-bond acceptors (Lipinski definition) is 3. The molecule has 0 saturated heterocycles. The fourth-order valence-corrected chi connectivity index (χ4v) is 4.89. The molecule has 3 rings (SSSR count). The van der Waals surface area contributed by atoms with Crippen molar-refractivity contribution in [2.45, 2.75) is 24.2 Å². The van der Waals surface area contributed by atoms with E-state index in [2.05, 4.69) is 27.3 Å². The zero-order valence-electron chi connectivity index (χ0n) is 12.0. The first-order valence-electron chi connectivity index (χ1n) is 7.05. The lowest BCUT2D eigenvalue weighted by molar-refractivity contribution is 0.0696. The Balaban J connectivity index is 2.10. The summed E-state index contributed by atoms with van der Waals surface area (Å²) in [6.45, 7) is 0. The molecule has 0 amide bonds. The molecule has 2 aromatic carbocycles. The zero-order valence-corrected chi connectivity index (χ0v) is 15.0. The third-order valence-corrected chi connectivity index (χ3v) is 6.20. The average molecular weight is 443 g/mol. The van der Waals surface area contributed by atoms with Crippen LogP contribution in [0, 0.1) is 3.57 Å². The first-order chi connectivity index (χ1) is 10.9. The van der Waals surface area contributed by atoms with Crippen molar-refractivity contribution in [3.8, 4) is 0 Å². The van der Waals surface area contributed by atoms with Crippen LogP contribution in [0.15, 0.2) is 41.3 Å². The maximum atomic E-state index is 12.8. The SMILES string of the molecule is O=C(O)c1cc2c(c(S(=O)(=O)Nc3ccccc3I)c1)CCC2. The zero-order chi connectivity index (χ0) is 16.6. The molecule has 23 heavy (non-hydrogen) atoms. The number of aromatic carboxylic acids is 1. The van der Waals surface area contributed by atoms with Gasteiger partial charge in [-0.05, 0) is 77.2 Å². The molecule has 1 aliphatic carbocycles. The molecule has 0 aromatic heterocycles. The van der Waals surface area contributed by atoms with Gasteiger partial charge in [-0.15, -0.1) is 0 Å². The first kappa shape index (κ1) is 16.3. The molecule has 0 aliphatic heterocycles. The summed E-state index contributed by atoms with van der Waals surface area (Å²) < 4.78 is 28.9. The molecule has 0 bridgehead atoms. The second kappa shape index (κ2) is 6.12. The highest BCUT2D eigenvalue weighted by Gasteiger charge is 2.26. The highest BCUT2D eigenvalue weighted by atomic mass is 127. The number of anilines is 1. The number of carboxylic acid groups (broad SMARTS) is 1. The number of para-hydroxylation sites is 1. The molecule has 0 spiro atoms. The van der Waals surface area contributed by atoms with Gasteiger partial charge >= 0.3 is 5.97 Å². The molecule has 0 atom stereocenters. The molecule has 1 aliphatic rings. The van der Waals surface area contributed by atoms with Crippen LogP contribution in [0.25, 0.3) is 0 Å². The first-order valence-corrected chi connectivity index (χ1v) is 9.61. The van der Waals surface area contributed by atoms with Crippen LogP contribution in [0.3, 0.4) is 0 Å². The summed E-state index contributed by atoms with van der Waals surface area (Å²) in [6.07, 6.45) is 2.20. The van der Waals surface area contributed by atoms with Gasteiger partial charge in [-0.1, -0.05) is 12.1 Å². The van der Waals surface area contributed by atoms with Crippen LogP contribution in [0.5, 0.6) is 0 Å². The Morgan fingerprint density at radius 2 is 1.91 bits per heavy atom. The van der Waals surface area contributed by atoms with E-state index in [0.717, 1.165) is 21.1 Å². The van der Waals surface area contributed by atoms with Crippen molar-refractivity contribution in [2.24, 2.45) is 0 Å². The van der Waals surface area contributed by atoms with Gasteiger partial charge in [-0.25, -0.2) is 13.2 Å². The quantitative estimate of drug-likeness (QED) is 0.711. The predicted octanol–water partition coefficient (Wildman–Crippen LogP) is 3.28. The van der Waals surface area contributed by atoms with E-state index in [1.54, 1.807) is 24.3 Å². The number of aryl methyl sites for hydroxylation is 1. The number of sulfonamides is 1. The van der Waals surface area contributed by atoms with Crippen molar-refractivity contribution in [1.82, 2.24) is 0 Å². The molecule has 0 unspecified atom stereocenters. The Morgan fingerprint density at radius 1 is 1.17 bits per heavy atom. The number of carbonyl (C=O) groups is 1. The predicted molar refractivity (Wildman–Crippen MR) is 95.4 cm³/mol. The van der Waals surface area contributed by atoms with Crippen LogP contribution in [0.1, 0.15) is 27.9 Å². The van der Waals surface area contributed by atoms with Gasteiger partial charge in [-0.3, -0.25) is 4.72 Å². The third-order valence-electron chi connectivity index (χ3n) is 3.83. The molecule has 7 heteroatoms. The lowest BCUT2D eigenvalue weighted by Gasteiger charge is -2.14. The van der Waals surface area contributed by atoms with E-state index in [1.807, 2.05) is 6.07 Å². The van der Waals surface area contributed by atoms with Gasteiger partial charge in [0.15, 0.2) is 0 Å². The standard InChI is InChI=1S/C16H14INO4S/c17-13-6-1-2-7-14(13)18-23(21,22)15-9-11(16(19)20)8-10-4-3-5-12(10)15/h1-2,6-9,18H,3-5H2,(H,19,20). The Hall–Kier alpha value is -1.61. The number of benzene rings is 2.